The van der Waals surface area contributed by atoms with E-state index in [1.165, 1.54) is 0 Å². The van der Waals surface area contributed by atoms with E-state index in [2.05, 4.69) is 36.4 Å². The van der Waals surface area contributed by atoms with Crippen LogP contribution in [0.4, 0.5) is 5.82 Å². The van der Waals surface area contributed by atoms with Crippen molar-refractivity contribution in [2.45, 2.75) is 12.5 Å². The Labute approximate surface area is 183 Å². The van der Waals surface area contributed by atoms with Crippen LogP contribution in [0.1, 0.15) is 5.56 Å². The summed E-state index contributed by atoms with van der Waals surface area (Å²) < 4.78 is 3.62. The number of carbonyl (C=O) groups is 1. The highest BCUT2D eigenvalue weighted by atomic mass is 16.1. The molecule has 0 aliphatic carbocycles. The van der Waals surface area contributed by atoms with Crippen LogP contribution in [0, 0.1) is 0 Å². The molecule has 1 fully saturated rings. The molecule has 0 bridgehead atoms. The van der Waals surface area contributed by atoms with Gasteiger partial charge in [0.25, 0.3) is 0 Å². The summed E-state index contributed by atoms with van der Waals surface area (Å²) in [5, 5.41) is 12.8. The quantitative estimate of drug-likeness (QED) is 0.449. The second-order valence-electron chi connectivity index (χ2n) is 8.25. The number of rotatable bonds is 5. The average molecular weight is 426 g/mol. The summed E-state index contributed by atoms with van der Waals surface area (Å²) in [6.07, 6.45) is 9.65. The first-order chi connectivity index (χ1) is 15.6. The molecule has 5 heterocycles. The van der Waals surface area contributed by atoms with E-state index in [1.54, 1.807) is 11.0 Å². The molecule has 0 spiro atoms. The maximum Gasteiger partial charge on any atom is 0.224 e. The van der Waals surface area contributed by atoms with Gasteiger partial charge in [0.15, 0.2) is 5.82 Å². The molecule has 32 heavy (non-hydrogen) atoms. The highest BCUT2D eigenvalue weighted by Gasteiger charge is 2.30. The minimum absolute atomic E-state index is 0.0359. The second-order valence-corrected chi connectivity index (χ2v) is 8.25. The van der Waals surface area contributed by atoms with Gasteiger partial charge >= 0.3 is 0 Å². The fourth-order valence-corrected chi connectivity index (χ4v) is 4.36. The molecule has 9 heteroatoms. The smallest absolute Gasteiger partial charge is 0.224 e. The van der Waals surface area contributed by atoms with Crippen LogP contribution in [-0.2, 0) is 18.3 Å². The number of amides is 1. The number of fused-ring (bicyclic) bond motifs is 2. The van der Waals surface area contributed by atoms with E-state index in [-0.39, 0.29) is 11.9 Å². The average Bonchev–Trinajstić information content (AvgIpc) is 3.48. The largest absolute Gasteiger partial charge is 0.361 e. The Bertz CT molecular complexity index is 1440. The molecular formula is C23H22N8O. The Kier molecular flexibility index (Phi) is 4.20. The van der Waals surface area contributed by atoms with Crippen LogP contribution in [0.3, 0.4) is 0 Å². The van der Waals surface area contributed by atoms with E-state index in [0.717, 1.165) is 52.0 Å². The third kappa shape index (κ3) is 3.18. The highest BCUT2D eigenvalue weighted by molar-refractivity contribution is 5.89. The number of aryl methyl sites for hydroxylation is 1. The van der Waals surface area contributed by atoms with Gasteiger partial charge in [-0.1, -0.05) is 18.2 Å². The van der Waals surface area contributed by atoms with Gasteiger partial charge in [-0.3, -0.25) is 9.48 Å². The van der Waals surface area contributed by atoms with E-state index in [4.69, 9.17) is 0 Å². The first kappa shape index (κ1) is 18.6. The summed E-state index contributed by atoms with van der Waals surface area (Å²) in [5.74, 6) is 0.908. The molecule has 2 N–H and O–H groups in total. The number of hydrogen-bond acceptors (Lipinski definition) is 5. The molecule has 1 amide bonds. The van der Waals surface area contributed by atoms with Crippen molar-refractivity contribution in [2.75, 3.05) is 18.0 Å². The van der Waals surface area contributed by atoms with Gasteiger partial charge in [-0.05, 0) is 17.7 Å². The van der Waals surface area contributed by atoms with Crippen molar-refractivity contribution in [1.29, 1.82) is 0 Å². The summed E-state index contributed by atoms with van der Waals surface area (Å²) in [6, 6.07) is 10.2. The molecule has 1 aliphatic rings. The topological polar surface area (TPSA) is 96.1 Å². The maximum atomic E-state index is 12.6. The number of carbonyl (C=O) groups excluding carboxylic acids is 1. The zero-order valence-corrected chi connectivity index (χ0v) is 17.6. The van der Waals surface area contributed by atoms with Crippen molar-refractivity contribution >= 4 is 28.1 Å². The number of aromatic nitrogens is 6. The van der Waals surface area contributed by atoms with Gasteiger partial charge in [0.2, 0.25) is 5.91 Å². The number of anilines is 1. The zero-order chi connectivity index (χ0) is 21.7. The summed E-state index contributed by atoms with van der Waals surface area (Å²) in [5.41, 5.74) is 5.09. The van der Waals surface area contributed by atoms with Crippen molar-refractivity contribution in [3.63, 3.8) is 0 Å². The first-order valence-corrected chi connectivity index (χ1v) is 10.6. The van der Waals surface area contributed by atoms with Crippen LogP contribution < -0.4 is 10.2 Å². The number of para-hydroxylation sites is 1. The SMILES string of the molecule is Cn1cc(-c2cc3c(N4CC(NC(=O)Cc5c[nH]c6ccccc56)C4)ncnn3c2)cn1. The Morgan fingerprint density at radius 1 is 1.19 bits per heavy atom. The van der Waals surface area contributed by atoms with Crippen LogP contribution in [-0.4, -0.2) is 54.4 Å². The standard InChI is InChI=1S/C23H22N8O/c1-29-10-17(9-26-29)16-6-21-23(25-14-27-31(21)11-16)30-12-18(13-30)28-22(32)7-15-8-24-20-5-3-2-4-19(15)20/h2-6,8-11,14,18,24H,7,12-13H2,1H3,(H,28,32). The van der Waals surface area contributed by atoms with Gasteiger partial charge in [-0.2, -0.15) is 10.2 Å². The highest BCUT2D eigenvalue weighted by Crippen LogP contribution is 2.28. The third-order valence-corrected chi connectivity index (χ3v) is 6.00. The van der Waals surface area contributed by atoms with Crippen molar-refractivity contribution in [2.24, 2.45) is 7.05 Å². The van der Waals surface area contributed by atoms with Gasteiger partial charge in [0, 0.05) is 60.8 Å². The van der Waals surface area contributed by atoms with Gasteiger partial charge in [-0.25, -0.2) is 9.50 Å². The van der Waals surface area contributed by atoms with Crippen LogP contribution in [0.15, 0.2) is 61.4 Å². The second kappa shape index (κ2) is 7.23. The van der Waals surface area contributed by atoms with Crippen molar-refractivity contribution in [3.8, 4) is 11.1 Å². The molecule has 1 aliphatic heterocycles. The predicted octanol–water partition coefficient (Wildman–Crippen LogP) is 2.16. The molecule has 0 atom stereocenters. The molecule has 1 saturated heterocycles. The minimum atomic E-state index is 0.0359. The van der Waals surface area contributed by atoms with Crippen molar-refractivity contribution in [1.82, 2.24) is 34.7 Å². The summed E-state index contributed by atoms with van der Waals surface area (Å²) in [4.78, 5) is 22.5. The Morgan fingerprint density at radius 2 is 2.06 bits per heavy atom. The fourth-order valence-electron chi connectivity index (χ4n) is 4.36. The first-order valence-electron chi connectivity index (χ1n) is 10.6. The zero-order valence-electron chi connectivity index (χ0n) is 17.6. The van der Waals surface area contributed by atoms with E-state index >= 15 is 0 Å². The lowest BCUT2D eigenvalue weighted by Crippen LogP contribution is -2.60. The van der Waals surface area contributed by atoms with E-state index in [0.29, 0.717) is 6.42 Å². The molecule has 0 unspecified atom stereocenters. The van der Waals surface area contributed by atoms with Gasteiger partial charge in [-0.15, -0.1) is 0 Å². The van der Waals surface area contributed by atoms with Crippen LogP contribution in [0.5, 0.6) is 0 Å². The molecule has 5 aromatic rings. The third-order valence-electron chi connectivity index (χ3n) is 6.00. The van der Waals surface area contributed by atoms with Crippen molar-refractivity contribution < 1.29 is 4.79 Å². The Balaban J connectivity index is 1.13. The normalized spacial score (nSPS) is 14.2. The van der Waals surface area contributed by atoms with Gasteiger partial charge in [0.05, 0.1) is 18.7 Å². The lowest BCUT2D eigenvalue weighted by Gasteiger charge is -2.40. The Morgan fingerprint density at radius 3 is 2.91 bits per heavy atom. The lowest BCUT2D eigenvalue weighted by molar-refractivity contribution is -0.121. The van der Waals surface area contributed by atoms with Crippen LogP contribution in [0.2, 0.25) is 0 Å². The minimum Gasteiger partial charge on any atom is -0.361 e. The monoisotopic (exact) mass is 426 g/mol. The number of aromatic amines is 1. The fraction of sp³-hybridized carbons (Fsp3) is 0.217. The summed E-state index contributed by atoms with van der Waals surface area (Å²) in [6.45, 7) is 1.44. The maximum absolute atomic E-state index is 12.6. The molecule has 9 nitrogen and oxygen atoms in total. The number of H-pyrrole nitrogens is 1. The Hall–Kier alpha value is -4.14. The lowest BCUT2D eigenvalue weighted by atomic mass is 10.1. The van der Waals surface area contributed by atoms with Crippen LogP contribution in [0.25, 0.3) is 27.5 Å². The molecular weight excluding hydrogens is 404 g/mol. The molecule has 0 saturated carbocycles. The number of nitrogens with zero attached hydrogens (tertiary/aromatic N) is 6. The molecule has 160 valence electrons. The predicted molar refractivity (Wildman–Crippen MR) is 121 cm³/mol. The van der Waals surface area contributed by atoms with Crippen molar-refractivity contribution in [3.05, 3.63) is 67.0 Å². The van der Waals surface area contributed by atoms with Crippen LogP contribution >= 0.6 is 0 Å². The molecule has 0 radical (unpaired) electrons. The summed E-state index contributed by atoms with van der Waals surface area (Å²) in [7, 11) is 1.90. The van der Waals surface area contributed by atoms with E-state index in [1.807, 2.05) is 60.6 Å². The molecule has 1 aromatic carbocycles. The van der Waals surface area contributed by atoms with E-state index in [9.17, 15) is 4.79 Å². The number of nitrogens with one attached hydrogen (secondary N) is 2. The number of benzene rings is 1. The molecule has 4 aromatic heterocycles. The number of hydrogen-bond donors (Lipinski definition) is 2. The van der Waals surface area contributed by atoms with Gasteiger partial charge in [0.1, 0.15) is 11.8 Å². The van der Waals surface area contributed by atoms with Gasteiger partial charge < -0.3 is 15.2 Å². The molecule has 6 rings (SSSR count). The summed E-state index contributed by atoms with van der Waals surface area (Å²) >= 11 is 0. The van der Waals surface area contributed by atoms with E-state index < -0.39 is 0 Å².